The van der Waals surface area contributed by atoms with Gasteiger partial charge in [-0.25, -0.2) is 9.37 Å². The first kappa shape index (κ1) is 27.0. The maximum Gasteiger partial charge on any atom is 0.156 e. The number of aromatic nitrogens is 2. The topological polar surface area (TPSA) is 32.3 Å². The normalized spacial score (nSPS) is 11.5. The Hall–Kier alpha value is -6.33. The monoisotopic (exact) mass is 606 g/mol. The second-order valence-corrected chi connectivity index (χ2v) is 11.6. The fourth-order valence-corrected chi connectivity index (χ4v) is 6.81. The Bertz CT molecular complexity index is 2550. The lowest BCUT2D eigenvalue weighted by molar-refractivity contribution is 0.629. The lowest BCUT2D eigenvalue weighted by atomic mass is 9.92. The molecule has 1 aromatic heterocycles. The standard InChI is InChI=1S/C42H27FN4/c43-34-15-7-10-18-39(34)46(30-11-3-1-4-12-30)37-25-21-28-20-24-33-38(26-22-29-19-23-32(37)41(28)42(29)33)47(31-13-5-2-6-14-31)40-27-44-35-16-8-9-17-36(35)45-40/h1-27H. The lowest BCUT2D eigenvalue weighted by Gasteiger charge is -2.29. The highest BCUT2D eigenvalue weighted by Gasteiger charge is 2.23. The van der Waals surface area contributed by atoms with Gasteiger partial charge in [0.1, 0.15) is 5.82 Å². The summed E-state index contributed by atoms with van der Waals surface area (Å²) in [4.78, 5) is 14.0. The number of nitrogens with zero attached hydrogens (tertiary/aromatic N) is 4. The van der Waals surface area contributed by atoms with Crippen LogP contribution in [0.5, 0.6) is 0 Å². The largest absolute Gasteiger partial charge is 0.307 e. The summed E-state index contributed by atoms with van der Waals surface area (Å²) in [5.74, 6) is 0.458. The number of hydrogen-bond donors (Lipinski definition) is 0. The quantitative estimate of drug-likeness (QED) is 0.176. The first-order valence-corrected chi connectivity index (χ1v) is 15.6. The highest BCUT2D eigenvalue weighted by molar-refractivity contribution is 6.28. The van der Waals surface area contributed by atoms with Crippen molar-refractivity contribution in [2.24, 2.45) is 0 Å². The summed E-state index contributed by atoms with van der Waals surface area (Å²) in [7, 11) is 0. The van der Waals surface area contributed by atoms with Crippen LogP contribution in [0.3, 0.4) is 0 Å². The number of para-hydroxylation sites is 5. The van der Waals surface area contributed by atoms with Gasteiger partial charge in [-0.1, -0.05) is 97.1 Å². The van der Waals surface area contributed by atoms with Gasteiger partial charge in [0.2, 0.25) is 0 Å². The van der Waals surface area contributed by atoms with Gasteiger partial charge in [0.25, 0.3) is 0 Å². The minimum atomic E-state index is -0.278. The summed E-state index contributed by atoms with van der Waals surface area (Å²) in [6, 6.07) is 52.5. The van der Waals surface area contributed by atoms with Crippen LogP contribution in [0.25, 0.3) is 43.4 Å². The maximum absolute atomic E-state index is 15.5. The Kier molecular flexibility index (Phi) is 6.28. The molecular formula is C42H27FN4. The van der Waals surface area contributed by atoms with Crippen molar-refractivity contribution >= 4 is 77.6 Å². The van der Waals surface area contributed by atoms with Crippen molar-refractivity contribution < 1.29 is 4.39 Å². The molecule has 0 N–H and O–H groups in total. The average molecular weight is 607 g/mol. The van der Waals surface area contributed by atoms with Crippen molar-refractivity contribution in [1.29, 1.82) is 0 Å². The first-order chi connectivity index (χ1) is 23.2. The minimum absolute atomic E-state index is 0.278. The molecule has 8 aromatic carbocycles. The van der Waals surface area contributed by atoms with Gasteiger partial charge < -0.3 is 4.90 Å². The highest BCUT2D eigenvalue weighted by Crippen LogP contribution is 2.47. The van der Waals surface area contributed by atoms with Crippen molar-refractivity contribution in [1.82, 2.24) is 9.97 Å². The van der Waals surface area contributed by atoms with E-state index < -0.39 is 0 Å². The van der Waals surface area contributed by atoms with E-state index in [0.717, 1.165) is 71.9 Å². The SMILES string of the molecule is Fc1ccccc1N(c1ccccc1)c1ccc2ccc3c(N(c4ccccc4)c4cnc5ccccc5n4)ccc4ccc1c2c43. The molecule has 5 heteroatoms. The summed E-state index contributed by atoms with van der Waals surface area (Å²) in [5, 5.41) is 6.67. The van der Waals surface area contributed by atoms with Gasteiger partial charge in [-0.05, 0) is 82.2 Å². The summed E-state index contributed by atoms with van der Waals surface area (Å²) in [6.07, 6.45) is 1.84. The van der Waals surface area contributed by atoms with Gasteiger partial charge in [0, 0.05) is 22.1 Å². The van der Waals surface area contributed by atoms with Crippen LogP contribution in [0.4, 0.5) is 38.6 Å². The third-order valence-corrected chi connectivity index (χ3v) is 8.89. The number of hydrogen-bond acceptors (Lipinski definition) is 4. The second kappa shape index (κ2) is 10.9. The molecule has 9 rings (SSSR count). The second-order valence-electron chi connectivity index (χ2n) is 11.6. The number of anilines is 6. The summed E-state index contributed by atoms with van der Waals surface area (Å²) in [5.41, 5.74) is 5.98. The molecule has 0 unspecified atom stereocenters. The van der Waals surface area contributed by atoms with Gasteiger partial charge in [0.15, 0.2) is 5.82 Å². The number of benzene rings is 8. The molecule has 0 aliphatic rings. The molecule has 0 fully saturated rings. The molecular weight excluding hydrogens is 579 g/mol. The van der Waals surface area contributed by atoms with E-state index in [4.69, 9.17) is 9.97 Å². The molecule has 1 heterocycles. The van der Waals surface area contributed by atoms with Crippen LogP contribution < -0.4 is 9.80 Å². The molecule has 0 radical (unpaired) electrons. The van der Waals surface area contributed by atoms with Crippen molar-refractivity contribution in [3.63, 3.8) is 0 Å². The molecule has 0 aliphatic carbocycles. The number of rotatable bonds is 6. The van der Waals surface area contributed by atoms with Crippen LogP contribution in [-0.2, 0) is 0 Å². The van der Waals surface area contributed by atoms with Gasteiger partial charge in [-0.3, -0.25) is 9.88 Å². The van der Waals surface area contributed by atoms with E-state index in [1.165, 1.54) is 6.07 Å². The Labute approximate surface area is 270 Å². The van der Waals surface area contributed by atoms with E-state index in [0.29, 0.717) is 5.69 Å². The van der Waals surface area contributed by atoms with Gasteiger partial charge >= 0.3 is 0 Å². The molecule has 0 atom stereocenters. The molecule has 222 valence electrons. The molecule has 0 spiro atoms. The third kappa shape index (κ3) is 4.43. The molecule has 4 nitrogen and oxygen atoms in total. The van der Waals surface area contributed by atoms with E-state index in [1.807, 2.05) is 96.0 Å². The van der Waals surface area contributed by atoms with E-state index in [9.17, 15) is 0 Å². The zero-order valence-electron chi connectivity index (χ0n) is 25.3. The minimum Gasteiger partial charge on any atom is -0.307 e. The van der Waals surface area contributed by atoms with Gasteiger partial charge in [-0.15, -0.1) is 0 Å². The third-order valence-electron chi connectivity index (χ3n) is 8.89. The van der Waals surface area contributed by atoms with Crippen LogP contribution in [0.1, 0.15) is 0 Å². The van der Waals surface area contributed by atoms with Gasteiger partial charge in [0.05, 0.1) is 34.3 Å². The molecule has 0 saturated carbocycles. The van der Waals surface area contributed by atoms with Gasteiger partial charge in [-0.2, -0.15) is 0 Å². The van der Waals surface area contributed by atoms with E-state index in [-0.39, 0.29) is 5.82 Å². The summed E-state index contributed by atoms with van der Waals surface area (Å²) in [6.45, 7) is 0. The molecule has 0 amide bonds. The summed E-state index contributed by atoms with van der Waals surface area (Å²) >= 11 is 0. The average Bonchev–Trinajstić information content (AvgIpc) is 3.13. The molecule has 0 aliphatic heterocycles. The predicted molar refractivity (Wildman–Crippen MR) is 193 cm³/mol. The lowest BCUT2D eigenvalue weighted by Crippen LogP contribution is -2.13. The molecule has 0 saturated heterocycles. The number of halogens is 1. The Morgan fingerprint density at radius 3 is 1.57 bits per heavy atom. The van der Waals surface area contributed by atoms with Crippen molar-refractivity contribution in [2.45, 2.75) is 0 Å². The van der Waals surface area contributed by atoms with E-state index >= 15 is 4.39 Å². The van der Waals surface area contributed by atoms with Crippen molar-refractivity contribution in [3.05, 3.63) is 170 Å². The first-order valence-electron chi connectivity index (χ1n) is 15.6. The molecule has 0 bridgehead atoms. The van der Waals surface area contributed by atoms with Crippen molar-refractivity contribution in [2.75, 3.05) is 9.80 Å². The predicted octanol–water partition coefficient (Wildman–Crippen LogP) is 11.6. The zero-order chi connectivity index (χ0) is 31.3. The highest BCUT2D eigenvalue weighted by atomic mass is 19.1. The maximum atomic E-state index is 15.5. The van der Waals surface area contributed by atoms with Crippen molar-refractivity contribution in [3.8, 4) is 0 Å². The van der Waals surface area contributed by atoms with Crippen LogP contribution >= 0.6 is 0 Å². The Balaban J connectivity index is 1.32. The van der Waals surface area contributed by atoms with Crippen LogP contribution in [0.2, 0.25) is 0 Å². The Morgan fingerprint density at radius 2 is 0.936 bits per heavy atom. The zero-order valence-corrected chi connectivity index (χ0v) is 25.3. The Morgan fingerprint density at radius 1 is 0.426 bits per heavy atom. The smallest absolute Gasteiger partial charge is 0.156 e. The van der Waals surface area contributed by atoms with Crippen LogP contribution in [-0.4, -0.2) is 9.97 Å². The fourth-order valence-electron chi connectivity index (χ4n) is 6.81. The molecule has 9 aromatic rings. The fraction of sp³-hybridized carbons (Fsp3) is 0. The summed E-state index contributed by atoms with van der Waals surface area (Å²) < 4.78 is 15.5. The van der Waals surface area contributed by atoms with Crippen LogP contribution in [0, 0.1) is 5.82 Å². The van der Waals surface area contributed by atoms with E-state index in [2.05, 4.69) is 65.6 Å². The molecule has 47 heavy (non-hydrogen) atoms. The number of fused-ring (bicyclic) bond motifs is 1. The van der Waals surface area contributed by atoms with Crippen LogP contribution in [0.15, 0.2) is 164 Å². The van der Waals surface area contributed by atoms with E-state index in [1.54, 1.807) is 6.07 Å².